The third-order valence-corrected chi connectivity index (χ3v) is 4.32. The van der Waals surface area contributed by atoms with Gasteiger partial charge in [-0.1, -0.05) is 23.7 Å². The maximum Gasteiger partial charge on any atom is 0.387 e. The van der Waals surface area contributed by atoms with Crippen molar-refractivity contribution in [1.82, 2.24) is 0 Å². The Morgan fingerprint density at radius 2 is 1.83 bits per heavy atom. The third-order valence-electron chi connectivity index (χ3n) is 4.07. The van der Waals surface area contributed by atoms with E-state index >= 15 is 0 Å². The molecule has 2 aromatic rings. The van der Waals surface area contributed by atoms with Crippen LogP contribution in [0.3, 0.4) is 0 Å². The molecule has 0 bridgehead atoms. The van der Waals surface area contributed by atoms with E-state index < -0.39 is 12.7 Å². The van der Waals surface area contributed by atoms with Gasteiger partial charge in [0.25, 0.3) is 0 Å². The summed E-state index contributed by atoms with van der Waals surface area (Å²) in [5, 5.41) is 14.7. The highest BCUT2D eigenvalue weighted by Gasteiger charge is 2.36. The van der Waals surface area contributed by atoms with Crippen molar-refractivity contribution in [2.45, 2.75) is 31.6 Å². The number of halogens is 3. The molecular formula is C18H18ClF2NO2. The van der Waals surface area contributed by atoms with Gasteiger partial charge in [0, 0.05) is 10.7 Å². The standard InChI is InChI=1S/C18H18ClF2NO2/c19-13-6-8-14(9-7-13)22-16(11-4-5-11)17(23)12-2-1-3-15(10-12)24-18(20)21/h1-3,6-11,16-18,22-23H,4-5H2. The van der Waals surface area contributed by atoms with E-state index in [-0.39, 0.29) is 11.8 Å². The Hall–Kier alpha value is -1.85. The maximum absolute atomic E-state index is 12.4. The van der Waals surface area contributed by atoms with Crippen LogP contribution in [0.1, 0.15) is 24.5 Å². The molecule has 1 saturated carbocycles. The van der Waals surface area contributed by atoms with Crippen LogP contribution in [0, 0.1) is 5.92 Å². The normalized spacial score (nSPS) is 16.7. The Balaban J connectivity index is 1.77. The molecule has 0 amide bonds. The summed E-state index contributed by atoms with van der Waals surface area (Å²) >= 11 is 5.89. The molecule has 2 unspecified atom stereocenters. The van der Waals surface area contributed by atoms with Gasteiger partial charge >= 0.3 is 6.61 Å². The molecular weight excluding hydrogens is 336 g/mol. The van der Waals surface area contributed by atoms with Crippen molar-refractivity contribution < 1.29 is 18.6 Å². The Morgan fingerprint density at radius 1 is 1.12 bits per heavy atom. The smallest absolute Gasteiger partial charge is 0.387 e. The van der Waals surface area contributed by atoms with Crippen molar-refractivity contribution >= 4 is 17.3 Å². The van der Waals surface area contributed by atoms with Crippen LogP contribution in [-0.4, -0.2) is 17.8 Å². The number of hydrogen-bond donors (Lipinski definition) is 2. The van der Waals surface area contributed by atoms with E-state index in [1.54, 1.807) is 24.3 Å². The lowest BCUT2D eigenvalue weighted by atomic mass is 9.98. The molecule has 1 aliphatic carbocycles. The minimum Gasteiger partial charge on any atom is -0.435 e. The molecule has 1 fully saturated rings. The zero-order valence-electron chi connectivity index (χ0n) is 12.8. The number of anilines is 1. The van der Waals surface area contributed by atoms with Crippen LogP contribution < -0.4 is 10.1 Å². The van der Waals surface area contributed by atoms with Crippen LogP contribution in [-0.2, 0) is 0 Å². The Kier molecular flexibility index (Phi) is 5.21. The molecule has 128 valence electrons. The molecule has 3 rings (SSSR count). The average Bonchev–Trinajstić information content (AvgIpc) is 3.38. The van der Waals surface area contributed by atoms with E-state index in [1.165, 1.54) is 12.1 Å². The van der Waals surface area contributed by atoms with Crippen LogP contribution in [0.25, 0.3) is 0 Å². The summed E-state index contributed by atoms with van der Waals surface area (Å²) in [5.41, 5.74) is 1.40. The number of nitrogens with one attached hydrogen (secondary N) is 1. The predicted molar refractivity (Wildman–Crippen MR) is 89.6 cm³/mol. The summed E-state index contributed by atoms with van der Waals surface area (Å²) in [6.07, 6.45) is 1.22. The fourth-order valence-electron chi connectivity index (χ4n) is 2.73. The monoisotopic (exact) mass is 353 g/mol. The van der Waals surface area contributed by atoms with Gasteiger partial charge in [-0.2, -0.15) is 8.78 Å². The van der Waals surface area contributed by atoms with Crippen LogP contribution in [0.4, 0.5) is 14.5 Å². The van der Waals surface area contributed by atoms with Crippen molar-refractivity contribution in [1.29, 1.82) is 0 Å². The van der Waals surface area contributed by atoms with Crippen molar-refractivity contribution in [3.63, 3.8) is 0 Å². The predicted octanol–water partition coefficient (Wildman–Crippen LogP) is 4.87. The molecule has 1 aliphatic rings. The lowest BCUT2D eigenvalue weighted by Crippen LogP contribution is -2.29. The first-order valence-corrected chi connectivity index (χ1v) is 8.15. The van der Waals surface area contributed by atoms with Gasteiger partial charge in [-0.3, -0.25) is 0 Å². The summed E-state index contributed by atoms with van der Waals surface area (Å²) in [5.74, 6) is 0.387. The first kappa shape index (κ1) is 17.0. The molecule has 0 radical (unpaired) electrons. The fraction of sp³-hybridized carbons (Fsp3) is 0.333. The number of rotatable bonds is 7. The SMILES string of the molecule is OC(c1cccc(OC(F)F)c1)C(Nc1ccc(Cl)cc1)C1CC1. The van der Waals surface area contributed by atoms with Gasteiger partial charge in [-0.05, 0) is 60.7 Å². The second-order valence-electron chi connectivity index (χ2n) is 5.91. The zero-order chi connectivity index (χ0) is 17.1. The minimum atomic E-state index is -2.89. The third kappa shape index (κ3) is 4.36. The van der Waals surface area contributed by atoms with Crippen molar-refractivity contribution in [2.75, 3.05) is 5.32 Å². The van der Waals surface area contributed by atoms with Crippen LogP contribution in [0.2, 0.25) is 5.02 Å². The van der Waals surface area contributed by atoms with E-state index in [1.807, 2.05) is 12.1 Å². The first-order valence-electron chi connectivity index (χ1n) is 7.78. The van der Waals surface area contributed by atoms with Gasteiger partial charge in [-0.15, -0.1) is 0 Å². The van der Waals surface area contributed by atoms with E-state index in [0.717, 1.165) is 18.5 Å². The van der Waals surface area contributed by atoms with Gasteiger partial charge < -0.3 is 15.2 Å². The van der Waals surface area contributed by atoms with Crippen molar-refractivity contribution in [3.8, 4) is 5.75 Å². The van der Waals surface area contributed by atoms with Crippen molar-refractivity contribution in [3.05, 3.63) is 59.1 Å². The minimum absolute atomic E-state index is 0.0441. The number of ether oxygens (including phenoxy) is 1. The van der Waals surface area contributed by atoms with Gasteiger partial charge in [0.05, 0.1) is 12.1 Å². The Morgan fingerprint density at radius 3 is 2.46 bits per heavy atom. The molecule has 3 nitrogen and oxygen atoms in total. The number of benzene rings is 2. The van der Waals surface area contributed by atoms with E-state index in [4.69, 9.17) is 11.6 Å². The Labute approximate surface area is 144 Å². The summed E-state index contributed by atoms with van der Waals surface area (Å²) < 4.78 is 29.1. The number of alkyl halides is 2. The Bertz CT molecular complexity index is 677. The lowest BCUT2D eigenvalue weighted by molar-refractivity contribution is -0.0500. The van der Waals surface area contributed by atoms with E-state index in [2.05, 4.69) is 10.1 Å². The van der Waals surface area contributed by atoms with Gasteiger partial charge in [0.1, 0.15) is 5.75 Å². The fourth-order valence-corrected chi connectivity index (χ4v) is 2.86. The number of hydrogen-bond acceptors (Lipinski definition) is 3. The largest absolute Gasteiger partial charge is 0.435 e. The quantitative estimate of drug-likeness (QED) is 0.746. The molecule has 0 saturated heterocycles. The highest BCUT2D eigenvalue weighted by Crippen LogP contribution is 2.40. The molecule has 24 heavy (non-hydrogen) atoms. The summed E-state index contributed by atoms with van der Waals surface area (Å²) in [7, 11) is 0. The highest BCUT2D eigenvalue weighted by molar-refractivity contribution is 6.30. The summed E-state index contributed by atoms with van der Waals surface area (Å²) in [6.45, 7) is -2.89. The molecule has 0 aromatic heterocycles. The second kappa shape index (κ2) is 7.36. The average molecular weight is 354 g/mol. The number of aliphatic hydroxyl groups is 1. The number of aliphatic hydroxyl groups excluding tert-OH is 1. The van der Waals surface area contributed by atoms with Gasteiger partial charge in [0.2, 0.25) is 0 Å². The van der Waals surface area contributed by atoms with Crippen molar-refractivity contribution in [2.24, 2.45) is 5.92 Å². The first-order chi connectivity index (χ1) is 11.5. The van der Waals surface area contributed by atoms with Crippen LogP contribution in [0.15, 0.2) is 48.5 Å². The van der Waals surface area contributed by atoms with Gasteiger partial charge in [0.15, 0.2) is 0 Å². The molecule has 2 aromatic carbocycles. The van der Waals surface area contributed by atoms with Gasteiger partial charge in [-0.25, -0.2) is 0 Å². The molecule has 0 aliphatic heterocycles. The molecule has 6 heteroatoms. The van der Waals surface area contributed by atoms with E-state index in [9.17, 15) is 13.9 Å². The molecule has 2 N–H and O–H groups in total. The van der Waals surface area contributed by atoms with Crippen LogP contribution >= 0.6 is 11.6 Å². The topological polar surface area (TPSA) is 41.5 Å². The summed E-state index contributed by atoms with van der Waals surface area (Å²) in [4.78, 5) is 0. The van der Waals surface area contributed by atoms with E-state index in [0.29, 0.717) is 16.5 Å². The molecule has 2 atom stereocenters. The molecule has 0 spiro atoms. The lowest BCUT2D eigenvalue weighted by Gasteiger charge is -2.26. The van der Waals surface area contributed by atoms with Crippen LogP contribution in [0.5, 0.6) is 5.75 Å². The second-order valence-corrected chi connectivity index (χ2v) is 6.35. The zero-order valence-corrected chi connectivity index (χ0v) is 13.6. The highest BCUT2D eigenvalue weighted by atomic mass is 35.5. The summed E-state index contributed by atoms with van der Waals surface area (Å²) in [6, 6.07) is 13.3. The maximum atomic E-state index is 12.4. The molecule has 0 heterocycles.